The van der Waals surface area contributed by atoms with Crippen LogP contribution in [-0.4, -0.2) is 27.9 Å². The monoisotopic (exact) mass is 276 g/mol. The van der Waals surface area contributed by atoms with Crippen molar-refractivity contribution >= 4 is 21.4 Å². The van der Waals surface area contributed by atoms with Crippen LogP contribution in [0, 0.1) is 0 Å². The largest absolute Gasteiger partial charge is 0.489 e. The maximum absolute atomic E-state index is 11.2. The summed E-state index contributed by atoms with van der Waals surface area (Å²) in [6.07, 6.45) is 1.97. The molecule has 4 nitrogen and oxygen atoms in total. The first-order valence-corrected chi connectivity index (χ1v) is 7.65. The van der Waals surface area contributed by atoms with Crippen molar-refractivity contribution < 1.29 is 17.9 Å². The molecule has 0 fully saturated rings. The molecule has 1 aromatic rings. The number of sulfone groups is 1. The molecule has 0 unspecified atom stereocenters. The van der Waals surface area contributed by atoms with Crippen LogP contribution in [0.2, 0.25) is 5.02 Å². The van der Waals surface area contributed by atoms with Gasteiger partial charge in [-0.25, -0.2) is 8.42 Å². The van der Waals surface area contributed by atoms with Crippen molar-refractivity contribution in [2.45, 2.75) is 12.2 Å². The van der Waals surface area contributed by atoms with E-state index in [0.717, 1.165) is 6.42 Å². The van der Waals surface area contributed by atoms with Crippen LogP contribution in [0.5, 0.6) is 11.5 Å². The molecule has 1 aromatic carbocycles. The third-order valence-corrected chi connectivity index (χ3v) is 3.43. The second-order valence-corrected chi connectivity index (χ2v) is 6.57. The Bertz CT molecular complexity index is 525. The third kappa shape index (κ3) is 3.26. The van der Waals surface area contributed by atoms with Gasteiger partial charge in [0, 0.05) is 12.7 Å². The number of ether oxygens (including phenoxy) is 2. The Kier molecular flexibility index (Phi) is 3.49. The van der Waals surface area contributed by atoms with Gasteiger partial charge in [-0.15, -0.1) is 0 Å². The molecule has 0 saturated heterocycles. The van der Waals surface area contributed by atoms with Crippen LogP contribution in [-0.2, 0) is 15.6 Å². The summed E-state index contributed by atoms with van der Waals surface area (Å²) in [7, 11) is -3.08. The summed E-state index contributed by atoms with van der Waals surface area (Å²) in [5, 5.41) is 0.392. The number of rotatable bonds is 2. The van der Waals surface area contributed by atoms with Crippen molar-refractivity contribution in [3.8, 4) is 11.5 Å². The Labute approximate surface area is 105 Å². The van der Waals surface area contributed by atoms with Crippen molar-refractivity contribution in [3.63, 3.8) is 0 Å². The molecule has 1 heterocycles. The lowest BCUT2D eigenvalue weighted by Gasteiger charge is -2.11. The molecule has 17 heavy (non-hydrogen) atoms. The SMILES string of the molecule is CS(=O)(=O)Cc1cc(Cl)c2c(c1)OCCCO2. The van der Waals surface area contributed by atoms with E-state index in [1.54, 1.807) is 12.1 Å². The Hall–Kier alpha value is -0.940. The van der Waals surface area contributed by atoms with Gasteiger partial charge in [-0.1, -0.05) is 11.6 Å². The maximum atomic E-state index is 11.2. The molecule has 2 rings (SSSR count). The highest BCUT2D eigenvalue weighted by molar-refractivity contribution is 7.89. The van der Waals surface area contributed by atoms with E-state index in [-0.39, 0.29) is 5.75 Å². The summed E-state index contributed by atoms with van der Waals surface area (Å²) in [5.41, 5.74) is 0.613. The summed E-state index contributed by atoms with van der Waals surface area (Å²) in [6.45, 7) is 1.10. The Morgan fingerprint density at radius 1 is 1.29 bits per heavy atom. The highest BCUT2D eigenvalue weighted by atomic mass is 35.5. The van der Waals surface area contributed by atoms with Crippen LogP contribution in [0.1, 0.15) is 12.0 Å². The molecule has 0 amide bonds. The van der Waals surface area contributed by atoms with E-state index in [1.165, 1.54) is 6.26 Å². The second-order valence-electron chi connectivity index (χ2n) is 4.03. The summed E-state index contributed by atoms with van der Waals surface area (Å²) in [6, 6.07) is 3.28. The molecule has 0 N–H and O–H groups in total. The van der Waals surface area contributed by atoms with Gasteiger partial charge in [-0.3, -0.25) is 0 Å². The lowest BCUT2D eigenvalue weighted by atomic mass is 10.2. The molecular formula is C11H13ClO4S. The van der Waals surface area contributed by atoms with E-state index >= 15 is 0 Å². The van der Waals surface area contributed by atoms with Crippen molar-refractivity contribution in [3.05, 3.63) is 22.7 Å². The number of fused-ring (bicyclic) bond motifs is 1. The minimum Gasteiger partial charge on any atom is -0.489 e. The lowest BCUT2D eigenvalue weighted by Crippen LogP contribution is -2.02. The maximum Gasteiger partial charge on any atom is 0.179 e. The van der Waals surface area contributed by atoms with Crippen LogP contribution in [0.4, 0.5) is 0 Å². The second kappa shape index (κ2) is 4.74. The highest BCUT2D eigenvalue weighted by Crippen LogP contribution is 2.38. The molecular weight excluding hydrogens is 264 g/mol. The molecule has 0 saturated carbocycles. The van der Waals surface area contributed by atoms with E-state index in [9.17, 15) is 8.42 Å². The summed E-state index contributed by atoms with van der Waals surface area (Å²) < 4.78 is 33.4. The van der Waals surface area contributed by atoms with E-state index in [4.69, 9.17) is 21.1 Å². The van der Waals surface area contributed by atoms with Crippen LogP contribution in [0.3, 0.4) is 0 Å². The van der Waals surface area contributed by atoms with E-state index < -0.39 is 9.84 Å². The van der Waals surface area contributed by atoms with Crippen molar-refractivity contribution in [2.24, 2.45) is 0 Å². The van der Waals surface area contributed by atoms with Crippen molar-refractivity contribution in [2.75, 3.05) is 19.5 Å². The first-order valence-electron chi connectivity index (χ1n) is 5.21. The minimum atomic E-state index is -3.08. The third-order valence-electron chi connectivity index (χ3n) is 2.29. The average molecular weight is 277 g/mol. The lowest BCUT2D eigenvalue weighted by molar-refractivity contribution is 0.297. The smallest absolute Gasteiger partial charge is 0.179 e. The van der Waals surface area contributed by atoms with E-state index in [2.05, 4.69) is 0 Å². The standard InChI is InChI=1S/C11H13ClO4S/c1-17(13,14)7-8-5-9(12)11-10(6-8)15-3-2-4-16-11/h5-6H,2-4,7H2,1H3. The molecule has 1 aliphatic rings. The molecule has 0 aliphatic carbocycles. The zero-order chi connectivity index (χ0) is 12.5. The van der Waals surface area contributed by atoms with Gasteiger partial charge >= 0.3 is 0 Å². The average Bonchev–Trinajstić information content (AvgIpc) is 2.40. The Morgan fingerprint density at radius 3 is 2.71 bits per heavy atom. The first kappa shape index (κ1) is 12.5. The van der Waals surface area contributed by atoms with E-state index in [0.29, 0.717) is 35.3 Å². The minimum absolute atomic E-state index is 0.0522. The van der Waals surface area contributed by atoms with Gasteiger partial charge in [0.25, 0.3) is 0 Å². The molecule has 1 aliphatic heterocycles. The van der Waals surface area contributed by atoms with Gasteiger partial charge in [0.05, 0.1) is 24.0 Å². The van der Waals surface area contributed by atoms with Crippen molar-refractivity contribution in [1.82, 2.24) is 0 Å². The fraction of sp³-hybridized carbons (Fsp3) is 0.455. The normalized spacial score (nSPS) is 15.4. The highest BCUT2D eigenvalue weighted by Gasteiger charge is 2.17. The summed E-state index contributed by atoms with van der Waals surface area (Å²) >= 11 is 6.05. The van der Waals surface area contributed by atoms with Gasteiger partial charge in [0.15, 0.2) is 21.3 Å². The molecule has 0 spiro atoms. The molecule has 0 aromatic heterocycles. The van der Waals surface area contributed by atoms with Crippen molar-refractivity contribution in [1.29, 1.82) is 0 Å². The summed E-state index contributed by atoms with van der Waals surface area (Å²) in [5.74, 6) is 0.971. The quantitative estimate of drug-likeness (QED) is 0.830. The van der Waals surface area contributed by atoms with Crippen LogP contribution in [0.15, 0.2) is 12.1 Å². The van der Waals surface area contributed by atoms with Gasteiger partial charge in [0.2, 0.25) is 0 Å². The number of hydrogen-bond acceptors (Lipinski definition) is 4. The van der Waals surface area contributed by atoms with Crippen LogP contribution in [0.25, 0.3) is 0 Å². The molecule has 0 atom stereocenters. The number of hydrogen-bond donors (Lipinski definition) is 0. The van der Waals surface area contributed by atoms with Crippen LogP contribution < -0.4 is 9.47 Å². The summed E-state index contributed by atoms with van der Waals surface area (Å²) in [4.78, 5) is 0. The zero-order valence-electron chi connectivity index (χ0n) is 9.40. The fourth-order valence-corrected chi connectivity index (χ4v) is 2.73. The fourth-order valence-electron chi connectivity index (χ4n) is 1.67. The molecule has 94 valence electrons. The molecule has 0 radical (unpaired) electrons. The first-order chi connectivity index (χ1) is 7.96. The van der Waals surface area contributed by atoms with Gasteiger partial charge in [-0.2, -0.15) is 0 Å². The Balaban J connectivity index is 2.39. The Morgan fingerprint density at radius 2 is 2.00 bits per heavy atom. The number of benzene rings is 1. The van der Waals surface area contributed by atoms with E-state index in [1.807, 2.05) is 0 Å². The number of halogens is 1. The zero-order valence-corrected chi connectivity index (χ0v) is 11.0. The van der Waals surface area contributed by atoms with Crippen LogP contribution >= 0.6 is 11.6 Å². The van der Waals surface area contributed by atoms with Gasteiger partial charge in [-0.05, 0) is 17.7 Å². The molecule has 0 bridgehead atoms. The topological polar surface area (TPSA) is 52.6 Å². The predicted molar refractivity (Wildman–Crippen MR) is 65.6 cm³/mol. The van der Waals surface area contributed by atoms with Gasteiger partial charge in [0.1, 0.15) is 0 Å². The molecule has 6 heteroatoms. The van der Waals surface area contributed by atoms with Gasteiger partial charge < -0.3 is 9.47 Å². The predicted octanol–water partition coefficient (Wildman–Crippen LogP) is 2.05.